The van der Waals surface area contributed by atoms with Gasteiger partial charge in [-0.15, -0.1) is 0 Å². The first-order chi connectivity index (χ1) is 9.08. The molecule has 94 valence electrons. The van der Waals surface area contributed by atoms with Gasteiger partial charge in [-0.05, 0) is 6.07 Å². The Balaban J connectivity index is 2.27. The van der Waals surface area contributed by atoms with E-state index in [0.29, 0.717) is 4.47 Å². The summed E-state index contributed by atoms with van der Waals surface area (Å²) in [4.78, 5) is 17.8. The van der Waals surface area contributed by atoms with Crippen molar-refractivity contribution in [2.75, 3.05) is 0 Å². The molecule has 0 atom stereocenters. The molecule has 0 saturated carbocycles. The highest BCUT2D eigenvalue weighted by atomic mass is 79.9. The second-order valence-corrected chi connectivity index (χ2v) is 4.27. The van der Waals surface area contributed by atoms with Crippen molar-refractivity contribution in [2.45, 2.75) is 0 Å². The summed E-state index contributed by atoms with van der Waals surface area (Å²) >= 11 is 3.15. The van der Waals surface area contributed by atoms with Crippen LogP contribution < -0.4 is 4.74 Å². The zero-order valence-corrected chi connectivity index (χ0v) is 10.9. The monoisotopic (exact) mass is 320 g/mol. The van der Waals surface area contributed by atoms with Gasteiger partial charge in [0.05, 0.1) is 23.4 Å². The molecule has 0 N–H and O–H groups in total. The number of hydrogen-bond donors (Lipinski definition) is 0. The number of ether oxygens (including phenoxy) is 1. The van der Waals surface area contributed by atoms with E-state index in [9.17, 15) is 10.1 Å². The predicted octanol–water partition coefficient (Wildman–Crippen LogP) is 2.81. The summed E-state index contributed by atoms with van der Waals surface area (Å²) < 4.78 is 5.84. The second kappa shape index (κ2) is 5.41. The number of rotatable bonds is 3. The van der Waals surface area contributed by atoms with Gasteiger partial charge >= 0.3 is 0 Å². The highest BCUT2D eigenvalue weighted by Gasteiger charge is 2.10. The molecular weight excluding hydrogens is 316 g/mol. The molecule has 1 aromatic carbocycles. The van der Waals surface area contributed by atoms with Gasteiger partial charge in [0, 0.05) is 10.5 Å². The van der Waals surface area contributed by atoms with Crippen molar-refractivity contribution >= 4 is 21.6 Å². The zero-order chi connectivity index (χ0) is 13.8. The summed E-state index contributed by atoms with van der Waals surface area (Å²) in [6.45, 7) is 0. The van der Waals surface area contributed by atoms with Crippen LogP contribution in [0.25, 0.3) is 0 Å². The minimum atomic E-state index is -0.526. The molecule has 1 heterocycles. The molecule has 0 aliphatic carbocycles. The van der Waals surface area contributed by atoms with Gasteiger partial charge in [0.15, 0.2) is 5.69 Å². The van der Waals surface area contributed by atoms with Crippen LogP contribution in [0, 0.1) is 21.4 Å². The number of nitro groups is 1. The van der Waals surface area contributed by atoms with E-state index in [1.165, 1.54) is 24.5 Å². The lowest BCUT2D eigenvalue weighted by molar-refractivity contribution is -0.385. The molecule has 7 nitrogen and oxygen atoms in total. The molecule has 0 radical (unpaired) electrons. The lowest BCUT2D eigenvalue weighted by atomic mass is 10.3. The van der Waals surface area contributed by atoms with Crippen LogP contribution in [0.5, 0.6) is 11.6 Å². The van der Waals surface area contributed by atoms with Gasteiger partial charge in [-0.25, -0.2) is 9.97 Å². The Morgan fingerprint density at radius 3 is 2.68 bits per heavy atom. The van der Waals surface area contributed by atoms with Crippen LogP contribution in [0.2, 0.25) is 0 Å². The first-order valence-electron chi connectivity index (χ1n) is 4.93. The minimum absolute atomic E-state index is 0.106. The molecule has 19 heavy (non-hydrogen) atoms. The fourth-order valence-electron chi connectivity index (χ4n) is 1.26. The number of halogens is 1. The van der Waals surface area contributed by atoms with E-state index in [1.54, 1.807) is 6.07 Å². The molecule has 0 spiro atoms. The maximum Gasteiger partial charge on any atom is 0.274 e. The molecule has 0 saturated heterocycles. The highest BCUT2D eigenvalue weighted by molar-refractivity contribution is 9.10. The molecular formula is C11H5BrN4O3. The van der Waals surface area contributed by atoms with Crippen molar-refractivity contribution in [1.29, 1.82) is 5.26 Å². The summed E-state index contributed by atoms with van der Waals surface area (Å²) in [5.74, 6) is 0.395. The Labute approximate surface area is 115 Å². The van der Waals surface area contributed by atoms with Crippen LogP contribution >= 0.6 is 15.9 Å². The van der Waals surface area contributed by atoms with E-state index in [4.69, 9.17) is 10.00 Å². The smallest absolute Gasteiger partial charge is 0.274 e. The number of nitro benzene ring substituents is 1. The first kappa shape index (κ1) is 12.9. The number of aromatic nitrogens is 2. The number of nitriles is 1. The third kappa shape index (κ3) is 3.23. The lowest BCUT2D eigenvalue weighted by Crippen LogP contribution is -1.93. The first-order valence-corrected chi connectivity index (χ1v) is 5.73. The van der Waals surface area contributed by atoms with E-state index < -0.39 is 4.92 Å². The normalized spacial score (nSPS) is 9.68. The van der Waals surface area contributed by atoms with E-state index >= 15 is 0 Å². The number of nitrogens with zero attached hydrogens (tertiary/aromatic N) is 4. The standard InChI is InChI=1S/C11H5BrN4O3/c12-7-1-9(16(17)18)3-10(2-7)19-11-6-14-8(4-13)5-15-11/h1-3,5-6H. The van der Waals surface area contributed by atoms with E-state index in [1.807, 2.05) is 6.07 Å². The molecule has 8 heteroatoms. The van der Waals surface area contributed by atoms with Crippen molar-refractivity contribution in [3.8, 4) is 17.7 Å². The summed E-state index contributed by atoms with van der Waals surface area (Å²) in [5, 5.41) is 19.3. The summed E-state index contributed by atoms with van der Waals surface area (Å²) in [6, 6.07) is 6.01. The molecule has 0 aliphatic rings. The maximum atomic E-state index is 10.7. The second-order valence-electron chi connectivity index (χ2n) is 3.36. The van der Waals surface area contributed by atoms with Crippen LogP contribution in [0.3, 0.4) is 0 Å². The Kier molecular flexibility index (Phi) is 3.68. The summed E-state index contributed by atoms with van der Waals surface area (Å²) in [5.41, 5.74) is 0.0542. The Bertz CT molecular complexity index is 667. The molecule has 0 unspecified atom stereocenters. The van der Waals surface area contributed by atoms with Crippen LogP contribution in [-0.2, 0) is 0 Å². The van der Waals surface area contributed by atoms with Crippen molar-refractivity contribution in [2.24, 2.45) is 0 Å². The zero-order valence-electron chi connectivity index (χ0n) is 9.28. The minimum Gasteiger partial charge on any atom is -0.437 e. The van der Waals surface area contributed by atoms with Crippen molar-refractivity contribution < 1.29 is 9.66 Å². The van der Waals surface area contributed by atoms with Crippen LogP contribution in [0.1, 0.15) is 5.69 Å². The van der Waals surface area contributed by atoms with Crippen LogP contribution in [0.4, 0.5) is 5.69 Å². The molecule has 1 aromatic heterocycles. The van der Waals surface area contributed by atoms with Gasteiger partial charge < -0.3 is 4.74 Å². The molecule has 2 rings (SSSR count). The fourth-order valence-corrected chi connectivity index (χ4v) is 1.72. The topological polar surface area (TPSA) is 102 Å². The molecule has 0 amide bonds. The van der Waals surface area contributed by atoms with Gasteiger partial charge in [0.2, 0.25) is 5.88 Å². The van der Waals surface area contributed by atoms with E-state index in [-0.39, 0.29) is 23.0 Å². The Morgan fingerprint density at radius 2 is 2.11 bits per heavy atom. The quantitative estimate of drug-likeness (QED) is 0.636. The fraction of sp³-hybridized carbons (Fsp3) is 0. The molecule has 0 bridgehead atoms. The third-order valence-corrected chi connectivity index (χ3v) is 2.49. The average molecular weight is 321 g/mol. The number of hydrogen-bond acceptors (Lipinski definition) is 6. The lowest BCUT2D eigenvalue weighted by Gasteiger charge is -2.04. The average Bonchev–Trinajstić information content (AvgIpc) is 2.39. The van der Waals surface area contributed by atoms with Gasteiger partial charge in [-0.2, -0.15) is 5.26 Å². The SMILES string of the molecule is N#Cc1cnc(Oc2cc(Br)cc([N+](=O)[O-])c2)cn1. The predicted molar refractivity (Wildman–Crippen MR) is 67.6 cm³/mol. The Hall–Kier alpha value is -2.53. The van der Waals surface area contributed by atoms with E-state index in [2.05, 4.69) is 25.9 Å². The van der Waals surface area contributed by atoms with Crippen molar-refractivity contribution in [3.05, 3.63) is 50.9 Å². The molecule has 2 aromatic rings. The molecule has 0 aliphatic heterocycles. The van der Waals surface area contributed by atoms with Crippen LogP contribution in [-0.4, -0.2) is 14.9 Å². The van der Waals surface area contributed by atoms with Crippen LogP contribution in [0.15, 0.2) is 35.1 Å². The van der Waals surface area contributed by atoms with Gasteiger partial charge in [0.25, 0.3) is 5.69 Å². The maximum absolute atomic E-state index is 10.7. The number of non-ortho nitro benzene ring substituents is 1. The van der Waals surface area contributed by atoms with E-state index in [0.717, 1.165) is 0 Å². The van der Waals surface area contributed by atoms with Gasteiger partial charge in [0.1, 0.15) is 11.8 Å². The Morgan fingerprint density at radius 1 is 1.32 bits per heavy atom. The van der Waals surface area contributed by atoms with Gasteiger partial charge in [-0.1, -0.05) is 15.9 Å². The highest BCUT2D eigenvalue weighted by Crippen LogP contribution is 2.28. The van der Waals surface area contributed by atoms with Crippen molar-refractivity contribution in [3.63, 3.8) is 0 Å². The largest absolute Gasteiger partial charge is 0.437 e. The summed E-state index contributed by atoms with van der Waals surface area (Å²) in [7, 11) is 0. The third-order valence-electron chi connectivity index (χ3n) is 2.03. The summed E-state index contributed by atoms with van der Waals surface area (Å²) in [6.07, 6.45) is 2.52. The van der Waals surface area contributed by atoms with Crippen molar-refractivity contribution in [1.82, 2.24) is 9.97 Å². The van der Waals surface area contributed by atoms with Gasteiger partial charge in [-0.3, -0.25) is 10.1 Å². The number of benzene rings is 1. The molecule has 0 fully saturated rings.